The Hall–Kier alpha value is -1.93. The van der Waals surface area contributed by atoms with Crippen molar-refractivity contribution in [2.45, 2.75) is 64.8 Å². The Balaban J connectivity index is 1.35. The van der Waals surface area contributed by atoms with Gasteiger partial charge in [0.2, 0.25) is 5.91 Å². The van der Waals surface area contributed by atoms with Crippen molar-refractivity contribution in [3.8, 4) is 11.3 Å². The highest BCUT2D eigenvalue weighted by Gasteiger charge is 2.15. The zero-order valence-corrected chi connectivity index (χ0v) is 18.1. The van der Waals surface area contributed by atoms with Crippen molar-refractivity contribution < 1.29 is 9.59 Å². The summed E-state index contributed by atoms with van der Waals surface area (Å²) in [7, 11) is 0. The number of thiazole rings is 1. The summed E-state index contributed by atoms with van der Waals surface area (Å²) >= 11 is 3.19. The second kappa shape index (κ2) is 10.0. The minimum absolute atomic E-state index is 0.0754. The van der Waals surface area contributed by atoms with Gasteiger partial charge < -0.3 is 16.0 Å². The maximum absolute atomic E-state index is 12.1. The molecule has 0 unspecified atom stereocenters. The molecule has 3 rings (SSSR count). The largest absolute Gasteiger partial charge is 0.338 e. The van der Waals surface area contributed by atoms with Gasteiger partial charge >= 0.3 is 6.03 Å². The Morgan fingerprint density at radius 2 is 2.00 bits per heavy atom. The lowest BCUT2D eigenvalue weighted by Gasteiger charge is -2.22. The number of hydrogen-bond donors (Lipinski definition) is 3. The maximum atomic E-state index is 12.1. The van der Waals surface area contributed by atoms with E-state index < -0.39 is 0 Å². The number of anilines is 1. The minimum atomic E-state index is -0.127. The molecule has 1 saturated carbocycles. The van der Waals surface area contributed by atoms with E-state index in [2.05, 4.69) is 40.8 Å². The Morgan fingerprint density at radius 3 is 2.71 bits per heavy atom. The van der Waals surface area contributed by atoms with E-state index in [4.69, 9.17) is 0 Å². The molecule has 3 N–H and O–H groups in total. The van der Waals surface area contributed by atoms with Crippen LogP contribution in [0.3, 0.4) is 0 Å². The molecule has 0 bridgehead atoms. The van der Waals surface area contributed by atoms with E-state index >= 15 is 0 Å². The summed E-state index contributed by atoms with van der Waals surface area (Å²) in [4.78, 5) is 31.0. The number of nitrogens with one attached hydrogen (secondary N) is 3. The van der Waals surface area contributed by atoms with Crippen molar-refractivity contribution in [2.75, 3.05) is 11.9 Å². The molecule has 8 heteroatoms. The van der Waals surface area contributed by atoms with Crippen LogP contribution in [0.25, 0.3) is 11.3 Å². The number of aromatic nitrogens is 1. The van der Waals surface area contributed by atoms with Crippen molar-refractivity contribution >= 4 is 39.7 Å². The molecule has 1 fully saturated rings. The van der Waals surface area contributed by atoms with Crippen LogP contribution in [0, 0.1) is 13.8 Å². The zero-order valence-electron chi connectivity index (χ0n) is 16.5. The van der Waals surface area contributed by atoms with Crippen molar-refractivity contribution in [1.29, 1.82) is 0 Å². The number of nitrogens with zero attached hydrogens (tertiary/aromatic N) is 1. The first-order valence-electron chi connectivity index (χ1n) is 9.88. The lowest BCUT2D eigenvalue weighted by Crippen LogP contribution is -2.43. The number of carbonyl (C=O) groups is 2. The van der Waals surface area contributed by atoms with Gasteiger partial charge in [0.25, 0.3) is 0 Å². The molecular formula is C20H28N4O2S2. The highest BCUT2D eigenvalue weighted by molar-refractivity contribution is 7.14. The Kier molecular flexibility index (Phi) is 7.44. The Morgan fingerprint density at radius 1 is 1.21 bits per heavy atom. The van der Waals surface area contributed by atoms with Gasteiger partial charge in [-0.05, 0) is 39.2 Å². The summed E-state index contributed by atoms with van der Waals surface area (Å²) in [5.74, 6) is -0.0754. The number of carbonyl (C=O) groups excluding carboxylic acids is 2. The number of hydrogen-bond acceptors (Lipinski definition) is 5. The molecule has 2 aromatic heterocycles. The van der Waals surface area contributed by atoms with Crippen LogP contribution >= 0.6 is 22.7 Å². The molecule has 1 aliphatic carbocycles. The molecule has 2 heterocycles. The molecule has 0 saturated heterocycles. The third-order valence-corrected chi connectivity index (χ3v) is 6.60. The third-order valence-electron chi connectivity index (χ3n) is 4.87. The molecule has 0 radical (unpaired) electrons. The summed E-state index contributed by atoms with van der Waals surface area (Å²) < 4.78 is 0. The van der Waals surface area contributed by atoms with Gasteiger partial charge in [-0.2, -0.15) is 0 Å². The predicted molar refractivity (Wildman–Crippen MR) is 116 cm³/mol. The van der Waals surface area contributed by atoms with E-state index in [1.165, 1.54) is 40.4 Å². The summed E-state index contributed by atoms with van der Waals surface area (Å²) in [5, 5.41) is 11.3. The van der Waals surface area contributed by atoms with Gasteiger partial charge in [0.15, 0.2) is 5.13 Å². The second-order valence-electron chi connectivity index (χ2n) is 7.25. The maximum Gasteiger partial charge on any atom is 0.315 e. The highest BCUT2D eigenvalue weighted by atomic mass is 32.1. The van der Waals surface area contributed by atoms with Crippen LogP contribution < -0.4 is 16.0 Å². The Bertz CT molecular complexity index is 809. The van der Waals surface area contributed by atoms with E-state index in [-0.39, 0.29) is 11.9 Å². The smallest absolute Gasteiger partial charge is 0.315 e. The highest BCUT2D eigenvalue weighted by Crippen LogP contribution is 2.32. The van der Waals surface area contributed by atoms with Gasteiger partial charge in [-0.1, -0.05) is 19.3 Å². The van der Waals surface area contributed by atoms with Crippen LogP contribution in [0.4, 0.5) is 9.93 Å². The molecule has 6 nitrogen and oxygen atoms in total. The van der Waals surface area contributed by atoms with Crippen molar-refractivity contribution in [1.82, 2.24) is 15.6 Å². The standard InChI is InChI=1S/C20H28N4O2S2/c1-13-11-16(14(2)28-13)17-12-27-20(23-17)24-18(25)9-6-10-21-19(26)22-15-7-4-3-5-8-15/h11-12,15H,3-10H2,1-2H3,(H2,21,22,26)(H,23,24,25). The first-order chi connectivity index (χ1) is 13.5. The van der Waals surface area contributed by atoms with E-state index in [9.17, 15) is 9.59 Å². The summed E-state index contributed by atoms with van der Waals surface area (Å²) in [6, 6.07) is 2.30. The van der Waals surface area contributed by atoms with Gasteiger partial charge in [0.05, 0.1) is 5.69 Å². The van der Waals surface area contributed by atoms with E-state index in [1.807, 2.05) is 5.38 Å². The summed E-state index contributed by atoms with van der Waals surface area (Å²) in [6.07, 6.45) is 6.73. The van der Waals surface area contributed by atoms with Crippen molar-refractivity contribution in [3.05, 3.63) is 21.2 Å². The van der Waals surface area contributed by atoms with Gasteiger partial charge in [0.1, 0.15) is 0 Å². The number of aryl methyl sites for hydroxylation is 2. The van der Waals surface area contributed by atoms with Gasteiger partial charge in [0, 0.05) is 39.7 Å². The predicted octanol–water partition coefficient (Wildman–Crippen LogP) is 4.84. The fourth-order valence-corrected chi connectivity index (χ4v) is 5.12. The SMILES string of the molecule is Cc1cc(-c2csc(NC(=O)CCCNC(=O)NC3CCCCC3)n2)c(C)s1. The summed E-state index contributed by atoms with van der Waals surface area (Å²) in [6.45, 7) is 4.66. The average Bonchev–Trinajstić information content (AvgIpc) is 3.25. The molecule has 0 aliphatic heterocycles. The molecule has 0 atom stereocenters. The number of thiophene rings is 1. The van der Waals surface area contributed by atoms with E-state index in [0.29, 0.717) is 30.6 Å². The first-order valence-corrected chi connectivity index (χ1v) is 11.6. The van der Waals surface area contributed by atoms with E-state index in [0.717, 1.165) is 24.1 Å². The molecule has 152 valence electrons. The molecule has 3 amide bonds. The molecule has 0 aromatic carbocycles. The zero-order chi connectivity index (χ0) is 19.9. The molecule has 28 heavy (non-hydrogen) atoms. The van der Waals surface area contributed by atoms with E-state index in [1.54, 1.807) is 11.3 Å². The number of urea groups is 1. The lowest BCUT2D eigenvalue weighted by atomic mass is 9.96. The number of rotatable bonds is 7. The van der Waals surface area contributed by atoms with Crippen LogP contribution in [0.15, 0.2) is 11.4 Å². The summed E-state index contributed by atoms with van der Waals surface area (Å²) in [5.41, 5.74) is 2.04. The topological polar surface area (TPSA) is 83.1 Å². The molecule has 1 aliphatic rings. The van der Waals surface area contributed by atoms with Crippen LogP contribution in [-0.4, -0.2) is 29.5 Å². The number of amides is 3. The second-order valence-corrected chi connectivity index (χ2v) is 9.57. The van der Waals surface area contributed by atoms with Crippen LogP contribution in [0.1, 0.15) is 54.7 Å². The Labute approximate surface area is 174 Å². The monoisotopic (exact) mass is 420 g/mol. The van der Waals surface area contributed by atoms with Crippen molar-refractivity contribution in [2.24, 2.45) is 0 Å². The van der Waals surface area contributed by atoms with Crippen LogP contribution in [0.2, 0.25) is 0 Å². The van der Waals surface area contributed by atoms with Crippen molar-refractivity contribution in [3.63, 3.8) is 0 Å². The molecular weight excluding hydrogens is 392 g/mol. The fraction of sp³-hybridized carbons (Fsp3) is 0.550. The first kappa shape index (κ1) is 20.8. The molecule has 0 spiro atoms. The lowest BCUT2D eigenvalue weighted by molar-refractivity contribution is -0.116. The van der Waals surface area contributed by atoms with Crippen LogP contribution in [0.5, 0.6) is 0 Å². The van der Waals surface area contributed by atoms with Gasteiger partial charge in [-0.15, -0.1) is 22.7 Å². The van der Waals surface area contributed by atoms with Gasteiger partial charge in [-0.25, -0.2) is 9.78 Å². The average molecular weight is 421 g/mol. The minimum Gasteiger partial charge on any atom is -0.338 e. The van der Waals surface area contributed by atoms with Gasteiger partial charge in [-0.3, -0.25) is 4.79 Å². The fourth-order valence-electron chi connectivity index (χ4n) is 3.46. The third kappa shape index (κ3) is 6.04. The molecule has 2 aromatic rings. The normalized spacial score (nSPS) is 14.6. The van der Waals surface area contributed by atoms with Crippen LogP contribution in [-0.2, 0) is 4.79 Å². The quantitative estimate of drug-likeness (QED) is 0.561.